The Morgan fingerprint density at radius 2 is 2.12 bits per heavy atom. The normalized spacial score (nSPS) is 24.6. The molecule has 2 heteroatoms. The Kier molecular flexibility index (Phi) is 7.06. The third kappa shape index (κ3) is 4.84. The second-order valence-corrected chi connectivity index (χ2v) is 5.31. The molecular weight excluding hydrogens is 198 g/mol. The molecule has 0 aliphatic carbocycles. The van der Waals surface area contributed by atoms with Crippen molar-refractivity contribution in [2.75, 3.05) is 19.8 Å². The van der Waals surface area contributed by atoms with E-state index < -0.39 is 0 Å². The van der Waals surface area contributed by atoms with E-state index in [-0.39, 0.29) is 0 Å². The molecule has 0 saturated carbocycles. The lowest BCUT2D eigenvalue weighted by molar-refractivity contribution is 0.171. The molecule has 3 atom stereocenters. The summed E-state index contributed by atoms with van der Waals surface area (Å²) in [6, 6.07) is 0.684. The Morgan fingerprint density at radius 1 is 1.31 bits per heavy atom. The van der Waals surface area contributed by atoms with Crippen molar-refractivity contribution in [3.8, 4) is 0 Å². The van der Waals surface area contributed by atoms with Crippen molar-refractivity contribution >= 4 is 0 Å². The molecule has 0 aromatic heterocycles. The number of nitrogens with one attached hydrogen (secondary N) is 1. The van der Waals surface area contributed by atoms with Gasteiger partial charge < -0.3 is 10.1 Å². The van der Waals surface area contributed by atoms with E-state index in [2.05, 4.69) is 26.1 Å². The predicted octanol–water partition coefficient (Wildman–Crippen LogP) is 3.22. The van der Waals surface area contributed by atoms with Crippen molar-refractivity contribution in [2.45, 2.75) is 58.9 Å². The molecular formula is C14H29NO. The van der Waals surface area contributed by atoms with Crippen molar-refractivity contribution in [2.24, 2.45) is 11.8 Å². The fourth-order valence-corrected chi connectivity index (χ4v) is 2.69. The van der Waals surface area contributed by atoms with Gasteiger partial charge >= 0.3 is 0 Å². The van der Waals surface area contributed by atoms with E-state index in [9.17, 15) is 0 Å². The van der Waals surface area contributed by atoms with E-state index in [1.165, 1.54) is 32.1 Å². The van der Waals surface area contributed by atoms with E-state index in [1.807, 2.05) is 0 Å². The van der Waals surface area contributed by atoms with Crippen LogP contribution in [0.5, 0.6) is 0 Å². The van der Waals surface area contributed by atoms with Crippen LogP contribution in [0.4, 0.5) is 0 Å². The molecule has 2 nitrogen and oxygen atoms in total. The van der Waals surface area contributed by atoms with Crippen molar-refractivity contribution < 1.29 is 4.74 Å². The zero-order valence-corrected chi connectivity index (χ0v) is 11.3. The predicted molar refractivity (Wildman–Crippen MR) is 69.7 cm³/mol. The van der Waals surface area contributed by atoms with Crippen LogP contribution in [0.1, 0.15) is 52.9 Å². The Morgan fingerprint density at radius 3 is 2.69 bits per heavy atom. The molecule has 1 fully saturated rings. The first-order chi connectivity index (χ1) is 7.77. The van der Waals surface area contributed by atoms with Gasteiger partial charge in [0.1, 0.15) is 0 Å². The largest absolute Gasteiger partial charge is 0.381 e. The van der Waals surface area contributed by atoms with Gasteiger partial charge in [-0.1, -0.05) is 33.6 Å². The molecule has 96 valence electrons. The van der Waals surface area contributed by atoms with Crippen LogP contribution in [0.3, 0.4) is 0 Å². The van der Waals surface area contributed by atoms with Gasteiger partial charge in [-0.3, -0.25) is 0 Å². The topological polar surface area (TPSA) is 21.3 Å². The minimum atomic E-state index is 0.684. The molecule has 1 N–H and O–H groups in total. The quantitative estimate of drug-likeness (QED) is 0.687. The first-order valence-electron chi connectivity index (χ1n) is 7.09. The van der Waals surface area contributed by atoms with Gasteiger partial charge in [0.25, 0.3) is 0 Å². The molecule has 1 rings (SSSR count). The first-order valence-corrected chi connectivity index (χ1v) is 7.09. The van der Waals surface area contributed by atoms with E-state index >= 15 is 0 Å². The lowest BCUT2D eigenvalue weighted by Crippen LogP contribution is -2.38. The van der Waals surface area contributed by atoms with Gasteiger partial charge in [0.05, 0.1) is 6.61 Å². The van der Waals surface area contributed by atoms with Gasteiger partial charge in [-0.15, -0.1) is 0 Å². The fourth-order valence-electron chi connectivity index (χ4n) is 2.69. The smallest absolute Gasteiger partial charge is 0.0510 e. The van der Waals surface area contributed by atoms with Gasteiger partial charge in [-0.2, -0.15) is 0 Å². The molecule has 16 heavy (non-hydrogen) atoms. The van der Waals surface area contributed by atoms with Crippen molar-refractivity contribution in [1.29, 1.82) is 0 Å². The highest BCUT2D eigenvalue weighted by Gasteiger charge is 2.26. The van der Waals surface area contributed by atoms with Gasteiger partial charge in [0.2, 0.25) is 0 Å². The summed E-state index contributed by atoms with van der Waals surface area (Å²) in [6.45, 7) is 10.0. The average molecular weight is 227 g/mol. The lowest BCUT2D eigenvalue weighted by atomic mass is 9.88. The highest BCUT2D eigenvalue weighted by Crippen LogP contribution is 2.23. The third-order valence-corrected chi connectivity index (χ3v) is 3.63. The highest BCUT2D eigenvalue weighted by atomic mass is 16.5. The van der Waals surface area contributed by atoms with Crippen LogP contribution >= 0.6 is 0 Å². The molecule has 1 saturated heterocycles. The maximum absolute atomic E-state index is 5.52. The summed E-state index contributed by atoms with van der Waals surface area (Å²) in [5.41, 5.74) is 0. The van der Waals surface area contributed by atoms with Crippen LogP contribution < -0.4 is 5.32 Å². The fraction of sp³-hybridized carbons (Fsp3) is 1.00. The van der Waals surface area contributed by atoms with Crippen LogP contribution in [0.2, 0.25) is 0 Å². The molecule has 0 aromatic rings. The molecule has 1 aliphatic heterocycles. The molecule has 0 bridgehead atoms. The molecule has 1 aliphatic rings. The Bertz CT molecular complexity index is 166. The monoisotopic (exact) mass is 227 g/mol. The van der Waals surface area contributed by atoms with Gasteiger partial charge in [0, 0.05) is 12.6 Å². The number of hydrogen-bond donors (Lipinski definition) is 1. The highest BCUT2D eigenvalue weighted by molar-refractivity contribution is 4.80. The summed E-state index contributed by atoms with van der Waals surface area (Å²) in [7, 11) is 0. The molecule has 0 amide bonds. The first kappa shape index (κ1) is 14.0. The molecule has 0 aromatic carbocycles. The zero-order valence-electron chi connectivity index (χ0n) is 11.3. The van der Waals surface area contributed by atoms with Crippen LogP contribution in [0, 0.1) is 11.8 Å². The average Bonchev–Trinajstić information content (AvgIpc) is 2.77. The molecule has 0 spiro atoms. The van der Waals surface area contributed by atoms with Crippen molar-refractivity contribution in [1.82, 2.24) is 5.32 Å². The summed E-state index contributed by atoms with van der Waals surface area (Å²) in [5.74, 6) is 1.60. The summed E-state index contributed by atoms with van der Waals surface area (Å²) in [5, 5.41) is 3.72. The molecule has 1 heterocycles. The summed E-state index contributed by atoms with van der Waals surface area (Å²) < 4.78 is 5.52. The number of rotatable bonds is 8. The van der Waals surface area contributed by atoms with E-state index in [1.54, 1.807) is 0 Å². The molecule has 3 unspecified atom stereocenters. The maximum Gasteiger partial charge on any atom is 0.0510 e. The Labute approximate surface area is 101 Å². The van der Waals surface area contributed by atoms with Crippen molar-refractivity contribution in [3.05, 3.63) is 0 Å². The van der Waals surface area contributed by atoms with Crippen LogP contribution in [-0.2, 0) is 4.74 Å². The third-order valence-electron chi connectivity index (χ3n) is 3.63. The van der Waals surface area contributed by atoms with E-state index in [4.69, 9.17) is 4.74 Å². The van der Waals surface area contributed by atoms with Crippen molar-refractivity contribution in [3.63, 3.8) is 0 Å². The van der Waals surface area contributed by atoms with Gasteiger partial charge in [-0.05, 0) is 37.6 Å². The second-order valence-electron chi connectivity index (χ2n) is 5.31. The zero-order chi connectivity index (χ0) is 11.8. The maximum atomic E-state index is 5.52. The summed E-state index contributed by atoms with van der Waals surface area (Å²) in [4.78, 5) is 0. The van der Waals surface area contributed by atoms with E-state index in [0.29, 0.717) is 6.04 Å². The standard InChI is InChI=1S/C14H29NO/c1-4-6-12(3)10-14(15-8-5-2)13-7-9-16-11-13/h12-15H,4-11H2,1-3H3. The van der Waals surface area contributed by atoms with Crippen LogP contribution in [0.15, 0.2) is 0 Å². The molecule has 0 radical (unpaired) electrons. The van der Waals surface area contributed by atoms with Gasteiger partial charge in [0.15, 0.2) is 0 Å². The second kappa shape index (κ2) is 8.08. The minimum absolute atomic E-state index is 0.684. The SMILES string of the molecule is CCCNC(CC(C)CCC)C1CCOC1. The summed E-state index contributed by atoms with van der Waals surface area (Å²) in [6.07, 6.45) is 6.47. The number of hydrogen-bond acceptors (Lipinski definition) is 2. The lowest BCUT2D eigenvalue weighted by Gasteiger charge is -2.26. The number of ether oxygens (including phenoxy) is 1. The van der Waals surface area contributed by atoms with Gasteiger partial charge in [-0.25, -0.2) is 0 Å². The van der Waals surface area contributed by atoms with Crippen LogP contribution in [0.25, 0.3) is 0 Å². The van der Waals surface area contributed by atoms with Crippen LogP contribution in [-0.4, -0.2) is 25.8 Å². The summed E-state index contributed by atoms with van der Waals surface area (Å²) >= 11 is 0. The Hall–Kier alpha value is -0.0800. The minimum Gasteiger partial charge on any atom is -0.381 e. The Balaban J connectivity index is 2.35. The van der Waals surface area contributed by atoms with E-state index in [0.717, 1.165) is 31.6 Å².